The Hall–Kier alpha value is -3.34. The molecule has 5 nitrogen and oxygen atoms in total. The number of rotatable bonds is 2. The Kier molecular flexibility index (Phi) is 3.88. The summed E-state index contributed by atoms with van der Waals surface area (Å²) in [6.45, 7) is 7.57. The predicted molar refractivity (Wildman–Crippen MR) is 114 cm³/mol. The van der Waals surface area contributed by atoms with E-state index in [0.717, 1.165) is 33.4 Å². The van der Waals surface area contributed by atoms with Crippen molar-refractivity contribution in [3.05, 3.63) is 83.8 Å². The molecule has 5 rings (SSSR count). The molecular formula is C24H24N4O. The Morgan fingerprint density at radius 2 is 1.66 bits per heavy atom. The molecule has 29 heavy (non-hydrogen) atoms. The van der Waals surface area contributed by atoms with Gasteiger partial charge in [-0.15, -0.1) is 0 Å². The van der Waals surface area contributed by atoms with Crippen molar-refractivity contribution in [1.82, 2.24) is 19.2 Å². The van der Waals surface area contributed by atoms with Crippen molar-refractivity contribution in [3.63, 3.8) is 0 Å². The van der Waals surface area contributed by atoms with Crippen LogP contribution >= 0.6 is 0 Å². The number of hydrogen-bond donors (Lipinski definition) is 0. The van der Waals surface area contributed by atoms with Crippen molar-refractivity contribution in [2.75, 3.05) is 0 Å². The Labute approximate surface area is 170 Å². The number of aromatic nitrogens is 3. The van der Waals surface area contributed by atoms with Gasteiger partial charge in [-0.2, -0.15) is 5.10 Å². The van der Waals surface area contributed by atoms with Gasteiger partial charge < -0.3 is 9.47 Å². The first-order chi connectivity index (χ1) is 13.9. The summed E-state index contributed by atoms with van der Waals surface area (Å²) < 4.78 is 4.18. The molecule has 0 N–H and O–H groups in total. The smallest absolute Gasteiger partial charge is 0.255 e. The topological polar surface area (TPSA) is 43.1 Å². The number of benzene rings is 2. The molecule has 0 atom stereocenters. The molecule has 0 fully saturated rings. The Morgan fingerprint density at radius 1 is 0.931 bits per heavy atom. The maximum absolute atomic E-state index is 13.4. The first kappa shape index (κ1) is 17.7. The van der Waals surface area contributed by atoms with Crippen molar-refractivity contribution in [2.24, 2.45) is 0 Å². The Bertz CT molecular complexity index is 1210. The summed E-state index contributed by atoms with van der Waals surface area (Å²) >= 11 is 0. The monoisotopic (exact) mass is 384 g/mol. The third-order valence-corrected chi connectivity index (χ3v) is 5.52. The summed E-state index contributed by atoms with van der Waals surface area (Å²) in [7, 11) is 0. The van der Waals surface area contributed by atoms with Gasteiger partial charge in [-0.1, -0.05) is 36.4 Å². The van der Waals surface area contributed by atoms with Crippen molar-refractivity contribution >= 4 is 16.7 Å². The van der Waals surface area contributed by atoms with Gasteiger partial charge >= 0.3 is 0 Å². The van der Waals surface area contributed by atoms with Gasteiger partial charge in [0.2, 0.25) is 0 Å². The van der Waals surface area contributed by atoms with E-state index in [1.807, 2.05) is 71.9 Å². The second kappa shape index (κ2) is 6.34. The second-order valence-corrected chi connectivity index (χ2v) is 8.61. The minimum Gasteiger partial charge on any atom is -0.328 e. The van der Waals surface area contributed by atoms with Crippen LogP contribution in [-0.2, 0) is 18.6 Å². The van der Waals surface area contributed by atoms with Gasteiger partial charge in [0.15, 0.2) is 0 Å². The summed E-state index contributed by atoms with van der Waals surface area (Å²) in [6, 6.07) is 18.0. The molecule has 0 saturated carbocycles. The van der Waals surface area contributed by atoms with E-state index in [9.17, 15) is 4.79 Å². The van der Waals surface area contributed by atoms with Crippen molar-refractivity contribution in [3.8, 4) is 5.82 Å². The molecule has 0 spiro atoms. The third-order valence-electron chi connectivity index (χ3n) is 5.52. The molecule has 3 heterocycles. The summed E-state index contributed by atoms with van der Waals surface area (Å²) in [6.07, 6.45) is 4.07. The molecule has 0 bridgehead atoms. The number of carbonyl (C=O) groups is 1. The van der Waals surface area contributed by atoms with E-state index in [-0.39, 0.29) is 11.4 Å². The van der Waals surface area contributed by atoms with Crippen LogP contribution < -0.4 is 0 Å². The zero-order valence-electron chi connectivity index (χ0n) is 17.0. The highest BCUT2D eigenvalue weighted by molar-refractivity contribution is 6.07. The highest BCUT2D eigenvalue weighted by atomic mass is 16.2. The molecule has 5 heteroatoms. The van der Waals surface area contributed by atoms with Crippen molar-refractivity contribution in [1.29, 1.82) is 0 Å². The van der Waals surface area contributed by atoms with Crippen LogP contribution in [-0.4, -0.2) is 25.2 Å². The molecule has 0 unspecified atom stereocenters. The van der Waals surface area contributed by atoms with Crippen LogP contribution in [0.15, 0.2) is 67.0 Å². The van der Waals surface area contributed by atoms with Crippen LogP contribution in [0.25, 0.3) is 16.6 Å². The number of hydrogen-bond acceptors (Lipinski definition) is 2. The lowest BCUT2D eigenvalue weighted by atomic mass is 10.0. The molecule has 1 amide bonds. The Balaban J connectivity index is 1.54. The molecule has 0 aliphatic carbocycles. The van der Waals surface area contributed by atoms with E-state index in [1.165, 1.54) is 0 Å². The van der Waals surface area contributed by atoms with Gasteiger partial charge in [0.1, 0.15) is 5.82 Å². The average molecular weight is 384 g/mol. The fourth-order valence-electron chi connectivity index (χ4n) is 4.14. The number of fused-ring (bicyclic) bond motifs is 2. The molecular weight excluding hydrogens is 360 g/mol. The van der Waals surface area contributed by atoms with Gasteiger partial charge in [-0.25, -0.2) is 4.68 Å². The van der Waals surface area contributed by atoms with E-state index in [2.05, 4.69) is 30.0 Å². The first-order valence-electron chi connectivity index (χ1n) is 9.95. The zero-order chi connectivity index (χ0) is 20.2. The van der Waals surface area contributed by atoms with E-state index >= 15 is 0 Å². The van der Waals surface area contributed by atoms with Gasteiger partial charge in [-0.05, 0) is 49.7 Å². The third kappa shape index (κ3) is 2.85. The molecule has 4 aromatic rings. The molecule has 146 valence electrons. The maximum Gasteiger partial charge on any atom is 0.255 e. The lowest BCUT2D eigenvalue weighted by molar-refractivity contribution is 0.0750. The van der Waals surface area contributed by atoms with E-state index in [1.54, 1.807) is 0 Å². The summed E-state index contributed by atoms with van der Waals surface area (Å²) in [4.78, 5) is 15.3. The number of carbonyl (C=O) groups excluding carboxylic acids is 1. The lowest BCUT2D eigenvalue weighted by Crippen LogP contribution is -2.29. The second-order valence-electron chi connectivity index (χ2n) is 8.61. The molecule has 1 aliphatic heterocycles. The van der Waals surface area contributed by atoms with Gasteiger partial charge in [-0.3, -0.25) is 4.79 Å². The van der Waals surface area contributed by atoms with Crippen LogP contribution in [0, 0.1) is 0 Å². The molecule has 1 aliphatic rings. The Morgan fingerprint density at radius 3 is 2.41 bits per heavy atom. The highest BCUT2D eigenvalue weighted by Crippen LogP contribution is 2.33. The zero-order valence-corrected chi connectivity index (χ0v) is 17.0. The van der Waals surface area contributed by atoms with Gasteiger partial charge in [0, 0.05) is 23.5 Å². The van der Waals surface area contributed by atoms with E-state index < -0.39 is 0 Å². The fourth-order valence-corrected chi connectivity index (χ4v) is 4.14. The largest absolute Gasteiger partial charge is 0.328 e. The standard InChI is InChI=1S/C24H24N4O/c1-24(2,3)28-22(26-13-6-7-14-26)20-15-27(16-21(20)25-28)23(29)19-12-8-10-17-9-4-5-11-18(17)19/h4-14H,15-16H2,1-3H3. The summed E-state index contributed by atoms with van der Waals surface area (Å²) in [5.74, 6) is 1.10. The van der Waals surface area contributed by atoms with Crippen LogP contribution in [0.2, 0.25) is 0 Å². The molecule has 2 aromatic heterocycles. The van der Waals surface area contributed by atoms with Crippen LogP contribution in [0.3, 0.4) is 0 Å². The van der Waals surface area contributed by atoms with Crippen LogP contribution in [0.1, 0.15) is 42.4 Å². The normalized spacial score (nSPS) is 13.8. The quantitative estimate of drug-likeness (QED) is 0.501. The van der Waals surface area contributed by atoms with Crippen LogP contribution in [0.5, 0.6) is 0 Å². The molecule has 0 radical (unpaired) electrons. The van der Waals surface area contributed by atoms with Gasteiger partial charge in [0.25, 0.3) is 5.91 Å². The first-order valence-corrected chi connectivity index (χ1v) is 9.95. The average Bonchev–Trinajstić information content (AvgIpc) is 3.41. The van der Waals surface area contributed by atoms with E-state index in [4.69, 9.17) is 5.10 Å². The molecule has 0 saturated heterocycles. The predicted octanol–water partition coefficient (Wildman–Crippen LogP) is 4.74. The summed E-state index contributed by atoms with van der Waals surface area (Å²) in [5.41, 5.74) is 2.72. The number of nitrogens with zero attached hydrogens (tertiary/aromatic N) is 4. The van der Waals surface area contributed by atoms with Crippen LogP contribution in [0.4, 0.5) is 0 Å². The minimum absolute atomic E-state index is 0.0561. The minimum atomic E-state index is -0.144. The molecule has 2 aromatic carbocycles. The van der Waals surface area contributed by atoms with E-state index in [0.29, 0.717) is 13.1 Å². The highest BCUT2D eigenvalue weighted by Gasteiger charge is 2.34. The summed E-state index contributed by atoms with van der Waals surface area (Å²) in [5, 5.41) is 6.99. The lowest BCUT2D eigenvalue weighted by Gasteiger charge is -2.25. The van der Waals surface area contributed by atoms with Crippen molar-refractivity contribution in [2.45, 2.75) is 39.4 Å². The maximum atomic E-state index is 13.4. The van der Waals surface area contributed by atoms with Crippen molar-refractivity contribution < 1.29 is 4.79 Å². The number of amides is 1. The SMILES string of the molecule is CC(C)(C)n1nc2c(c1-n1cccc1)CN(C(=O)c1cccc3ccccc13)C2. The van der Waals surface area contributed by atoms with Gasteiger partial charge in [0.05, 0.1) is 24.3 Å². The fraction of sp³-hybridized carbons (Fsp3) is 0.250.